The SMILES string of the molecule is CCO[Si](OCC)(OCC)OC(C)CC(C)C. The molecule has 5 heteroatoms. The van der Waals surface area contributed by atoms with Gasteiger partial charge in [-0.2, -0.15) is 0 Å². The fourth-order valence-electron chi connectivity index (χ4n) is 1.72. The molecule has 0 heterocycles. The third-order valence-electron chi connectivity index (χ3n) is 2.11. The number of hydrogen-bond acceptors (Lipinski definition) is 4. The minimum atomic E-state index is -2.93. The molecule has 17 heavy (non-hydrogen) atoms. The molecule has 0 aliphatic rings. The Hall–Kier alpha value is 0.0569. The Bertz CT molecular complexity index is 170. The molecular weight excluding hydrogens is 236 g/mol. The molecule has 0 amide bonds. The summed E-state index contributed by atoms with van der Waals surface area (Å²) < 4.78 is 22.8. The molecule has 0 N–H and O–H groups in total. The van der Waals surface area contributed by atoms with Crippen molar-refractivity contribution in [2.24, 2.45) is 5.92 Å². The van der Waals surface area contributed by atoms with Gasteiger partial charge in [0.15, 0.2) is 0 Å². The third kappa shape index (κ3) is 7.16. The standard InChI is InChI=1S/C12H28O4Si/c1-7-13-17(14-8-2,15-9-3)16-12(6)10-11(4)5/h11-12H,7-10H2,1-6H3. The lowest BCUT2D eigenvalue weighted by molar-refractivity contribution is -0.0496. The van der Waals surface area contributed by atoms with Crippen molar-refractivity contribution in [3.8, 4) is 0 Å². The van der Waals surface area contributed by atoms with Crippen LogP contribution in [0.2, 0.25) is 0 Å². The first-order valence-corrected chi connectivity index (χ1v) is 8.22. The van der Waals surface area contributed by atoms with E-state index < -0.39 is 9.05 Å². The van der Waals surface area contributed by atoms with Crippen LogP contribution < -0.4 is 0 Å². The van der Waals surface area contributed by atoms with Gasteiger partial charge in [-0.3, -0.25) is 0 Å². The van der Waals surface area contributed by atoms with Crippen LogP contribution in [0.4, 0.5) is 0 Å². The second-order valence-corrected chi connectivity index (χ2v) is 6.46. The van der Waals surface area contributed by atoms with Crippen LogP contribution >= 0.6 is 0 Å². The Morgan fingerprint density at radius 3 is 1.53 bits per heavy atom. The van der Waals surface area contributed by atoms with Crippen molar-refractivity contribution in [1.29, 1.82) is 0 Å². The molecular formula is C12H28O4Si. The van der Waals surface area contributed by atoms with Crippen LogP contribution in [0.25, 0.3) is 0 Å². The summed E-state index contributed by atoms with van der Waals surface area (Å²) in [5, 5.41) is 0. The summed E-state index contributed by atoms with van der Waals surface area (Å²) in [4.78, 5) is 0. The highest BCUT2D eigenvalue weighted by Crippen LogP contribution is 2.18. The lowest BCUT2D eigenvalue weighted by Crippen LogP contribution is -2.51. The van der Waals surface area contributed by atoms with E-state index >= 15 is 0 Å². The Balaban J connectivity index is 4.51. The van der Waals surface area contributed by atoms with E-state index in [4.69, 9.17) is 17.7 Å². The van der Waals surface area contributed by atoms with Gasteiger partial charge in [-0.1, -0.05) is 13.8 Å². The Morgan fingerprint density at radius 1 is 0.824 bits per heavy atom. The normalized spacial score (nSPS) is 14.3. The van der Waals surface area contributed by atoms with E-state index in [1.54, 1.807) is 0 Å². The molecule has 0 rings (SSSR count). The third-order valence-corrected chi connectivity index (χ3v) is 4.73. The first-order valence-electron chi connectivity index (χ1n) is 6.59. The van der Waals surface area contributed by atoms with E-state index in [0.29, 0.717) is 25.7 Å². The molecule has 0 aromatic carbocycles. The van der Waals surface area contributed by atoms with Gasteiger partial charge < -0.3 is 17.7 Å². The predicted molar refractivity (Wildman–Crippen MR) is 70.6 cm³/mol. The van der Waals surface area contributed by atoms with Crippen LogP contribution in [0.15, 0.2) is 0 Å². The molecule has 0 saturated carbocycles. The highest BCUT2D eigenvalue weighted by molar-refractivity contribution is 6.53. The second-order valence-electron chi connectivity index (χ2n) is 4.36. The molecule has 0 saturated heterocycles. The van der Waals surface area contributed by atoms with Crippen LogP contribution in [0.5, 0.6) is 0 Å². The van der Waals surface area contributed by atoms with Crippen molar-refractivity contribution in [1.82, 2.24) is 0 Å². The van der Waals surface area contributed by atoms with Crippen molar-refractivity contribution >= 4 is 9.05 Å². The average Bonchev–Trinajstić information content (AvgIpc) is 2.16. The van der Waals surface area contributed by atoms with E-state index in [1.807, 2.05) is 27.7 Å². The fraction of sp³-hybridized carbons (Fsp3) is 1.00. The molecule has 0 bridgehead atoms. The van der Waals surface area contributed by atoms with Gasteiger partial charge in [0.2, 0.25) is 0 Å². The summed E-state index contributed by atoms with van der Waals surface area (Å²) in [7, 11) is -2.93. The average molecular weight is 264 g/mol. The zero-order valence-corrected chi connectivity index (χ0v) is 13.1. The minimum absolute atomic E-state index is 0.0892. The molecule has 0 spiro atoms. The van der Waals surface area contributed by atoms with Crippen molar-refractivity contribution in [2.75, 3.05) is 19.8 Å². The maximum atomic E-state index is 5.94. The Kier molecular flexibility index (Phi) is 9.08. The maximum absolute atomic E-state index is 5.94. The van der Waals surface area contributed by atoms with Gasteiger partial charge in [0.05, 0.1) is 0 Å². The van der Waals surface area contributed by atoms with Gasteiger partial charge >= 0.3 is 9.05 Å². The van der Waals surface area contributed by atoms with Crippen LogP contribution in [0, 0.1) is 5.92 Å². The first-order chi connectivity index (χ1) is 7.99. The zero-order chi connectivity index (χ0) is 13.3. The maximum Gasteiger partial charge on any atom is 0.679 e. The summed E-state index contributed by atoms with van der Waals surface area (Å²) in [5.41, 5.74) is 0. The quantitative estimate of drug-likeness (QED) is 0.568. The van der Waals surface area contributed by atoms with Crippen LogP contribution in [-0.2, 0) is 17.7 Å². The van der Waals surface area contributed by atoms with Crippen molar-refractivity contribution in [3.05, 3.63) is 0 Å². The molecule has 1 unspecified atom stereocenters. The second kappa shape index (κ2) is 9.05. The highest BCUT2D eigenvalue weighted by Gasteiger charge is 2.46. The largest absolute Gasteiger partial charge is 0.679 e. The van der Waals surface area contributed by atoms with Crippen LogP contribution in [0.1, 0.15) is 48.0 Å². The van der Waals surface area contributed by atoms with E-state index in [2.05, 4.69) is 13.8 Å². The smallest absolute Gasteiger partial charge is 0.351 e. The van der Waals surface area contributed by atoms with E-state index in [-0.39, 0.29) is 6.10 Å². The molecule has 4 nitrogen and oxygen atoms in total. The van der Waals surface area contributed by atoms with Crippen molar-refractivity contribution in [3.63, 3.8) is 0 Å². The lowest BCUT2D eigenvalue weighted by Gasteiger charge is -2.30. The van der Waals surface area contributed by atoms with Crippen molar-refractivity contribution in [2.45, 2.75) is 54.1 Å². The van der Waals surface area contributed by atoms with Crippen molar-refractivity contribution < 1.29 is 17.7 Å². The molecule has 0 aliphatic carbocycles. The van der Waals surface area contributed by atoms with Gasteiger partial charge in [-0.05, 0) is 40.0 Å². The minimum Gasteiger partial charge on any atom is -0.351 e. The van der Waals surface area contributed by atoms with Gasteiger partial charge in [-0.25, -0.2) is 0 Å². The topological polar surface area (TPSA) is 36.9 Å². The first kappa shape index (κ1) is 17.1. The number of rotatable bonds is 10. The predicted octanol–water partition coefficient (Wildman–Crippen LogP) is 2.98. The lowest BCUT2D eigenvalue weighted by atomic mass is 10.1. The van der Waals surface area contributed by atoms with E-state index in [9.17, 15) is 0 Å². The Morgan fingerprint density at radius 2 is 1.24 bits per heavy atom. The molecule has 0 aliphatic heterocycles. The van der Waals surface area contributed by atoms with Crippen LogP contribution in [-0.4, -0.2) is 35.0 Å². The van der Waals surface area contributed by atoms with E-state index in [1.165, 1.54) is 0 Å². The Labute approximate surface area is 107 Å². The molecule has 104 valence electrons. The summed E-state index contributed by atoms with van der Waals surface area (Å²) in [6, 6.07) is 0. The fourth-order valence-corrected chi connectivity index (χ4v) is 3.82. The molecule has 0 fully saturated rings. The molecule has 1 atom stereocenters. The summed E-state index contributed by atoms with van der Waals surface area (Å²) in [6.07, 6.45) is 1.06. The highest BCUT2D eigenvalue weighted by atomic mass is 28.4. The van der Waals surface area contributed by atoms with Gasteiger partial charge in [-0.15, -0.1) is 0 Å². The number of hydrogen-bond donors (Lipinski definition) is 0. The molecule has 0 radical (unpaired) electrons. The van der Waals surface area contributed by atoms with Gasteiger partial charge in [0.1, 0.15) is 0 Å². The molecule has 0 aromatic rings. The van der Waals surface area contributed by atoms with E-state index in [0.717, 1.165) is 6.42 Å². The van der Waals surface area contributed by atoms with Gasteiger partial charge in [0.25, 0.3) is 0 Å². The van der Waals surface area contributed by atoms with Gasteiger partial charge in [0, 0.05) is 25.9 Å². The summed E-state index contributed by atoms with van der Waals surface area (Å²) in [6.45, 7) is 13.8. The monoisotopic (exact) mass is 264 g/mol. The van der Waals surface area contributed by atoms with Crippen LogP contribution in [0.3, 0.4) is 0 Å². The zero-order valence-electron chi connectivity index (χ0n) is 12.1. The summed E-state index contributed by atoms with van der Waals surface area (Å²) >= 11 is 0. The molecule has 0 aromatic heterocycles. The summed E-state index contributed by atoms with van der Waals surface area (Å²) in [5.74, 6) is 0.585.